The van der Waals surface area contributed by atoms with Crippen LogP contribution >= 0.6 is 0 Å². The first-order valence-electron chi connectivity index (χ1n) is 9.44. The van der Waals surface area contributed by atoms with Crippen molar-refractivity contribution >= 4 is 26.9 Å². The number of anilines is 1. The topological polar surface area (TPSA) is 91.0 Å². The zero-order chi connectivity index (χ0) is 21.0. The average Bonchev–Trinajstić information content (AvgIpc) is 3.16. The molecule has 1 aliphatic rings. The third kappa shape index (κ3) is 5.47. The Balaban J connectivity index is 1.51. The number of rotatable bonds is 8. The first-order valence-corrected chi connectivity index (χ1v) is 11.1. The maximum atomic E-state index is 12.8. The second kappa shape index (κ2) is 9.12. The smallest absolute Gasteiger partial charge is 0.301 e. The maximum absolute atomic E-state index is 12.8. The second-order valence-electron chi connectivity index (χ2n) is 7.31. The number of nitrogens with zero attached hydrogens (tertiary/aromatic N) is 3. The Hall–Kier alpha value is -2.14. The lowest BCUT2D eigenvalue weighted by Gasteiger charge is -2.35. The normalized spacial score (nSPS) is 20.0. The van der Waals surface area contributed by atoms with Gasteiger partial charge in [0.1, 0.15) is 17.8 Å². The predicted molar refractivity (Wildman–Crippen MR) is 105 cm³/mol. The van der Waals surface area contributed by atoms with Crippen LogP contribution in [0.3, 0.4) is 0 Å². The minimum absolute atomic E-state index is 0.0203. The summed E-state index contributed by atoms with van der Waals surface area (Å²) in [5.74, 6) is -0.850. The molecule has 0 radical (unpaired) electrons. The van der Waals surface area contributed by atoms with E-state index < -0.39 is 28.4 Å². The molecular weight excluding hydrogens is 407 g/mol. The van der Waals surface area contributed by atoms with Crippen molar-refractivity contribution < 1.29 is 21.6 Å². The van der Waals surface area contributed by atoms with E-state index in [-0.39, 0.29) is 24.3 Å². The van der Waals surface area contributed by atoms with Gasteiger partial charge >= 0.3 is 6.08 Å². The van der Waals surface area contributed by atoms with Crippen LogP contribution < -0.4 is 9.62 Å². The molecule has 2 aromatic heterocycles. The Labute approximate surface area is 167 Å². The number of hydrogen-bond acceptors (Lipinski definition) is 5. The van der Waals surface area contributed by atoms with Gasteiger partial charge < -0.3 is 9.88 Å². The van der Waals surface area contributed by atoms with Crippen molar-refractivity contribution in [1.82, 2.24) is 19.7 Å². The lowest BCUT2D eigenvalue weighted by molar-refractivity contribution is 0.340. The maximum Gasteiger partial charge on any atom is 0.301 e. The zero-order valence-corrected chi connectivity index (χ0v) is 16.9. The van der Waals surface area contributed by atoms with Crippen molar-refractivity contribution in [3.05, 3.63) is 30.5 Å². The SMILES string of the molecule is CN(c1ncnc2[nH]ccc12)[C@H]1CC[C@H](CS(=O)(=O)NCCC(F)=C(F)F)CC1. The number of nitrogens with one attached hydrogen (secondary N) is 2. The third-order valence-electron chi connectivity index (χ3n) is 5.36. The summed E-state index contributed by atoms with van der Waals surface area (Å²) < 4.78 is 63.3. The highest BCUT2D eigenvalue weighted by molar-refractivity contribution is 7.89. The Morgan fingerprint density at radius 2 is 1.97 bits per heavy atom. The van der Waals surface area contributed by atoms with Crippen LogP contribution in [-0.2, 0) is 10.0 Å². The van der Waals surface area contributed by atoms with Gasteiger partial charge in [0.15, 0.2) is 5.83 Å². The molecule has 0 unspecified atom stereocenters. The molecule has 1 saturated carbocycles. The lowest BCUT2D eigenvalue weighted by atomic mass is 9.86. The fraction of sp³-hybridized carbons (Fsp3) is 0.556. The number of H-pyrrole nitrogens is 1. The standard InChI is InChI=1S/C18H24F3N5O2S/c1-26(18-14-6-8-22-17(14)23-11-24-18)13-4-2-12(3-5-13)10-29(27,28)25-9-7-15(19)16(20)21/h6,8,11-13,25H,2-5,7,9-10H2,1H3,(H,22,23,24)/t12-,13-. The van der Waals surface area contributed by atoms with Gasteiger partial charge in [0.25, 0.3) is 0 Å². The Morgan fingerprint density at radius 3 is 2.66 bits per heavy atom. The van der Waals surface area contributed by atoms with E-state index in [1.807, 2.05) is 19.3 Å². The van der Waals surface area contributed by atoms with E-state index in [0.717, 1.165) is 42.5 Å². The number of sulfonamides is 1. The highest BCUT2D eigenvalue weighted by Crippen LogP contribution is 2.32. The van der Waals surface area contributed by atoms with Crippen LogP contribution in [-0.4, -0.2) is 48.8 Å². The van der Waals surface area contributed by atoms with Gasteiger partial charge in [-0.1, -0.05) is 0 Å². The minimum atomic E-state index is -3.64. The molecule has 11 heteroatoms. The van der Waals surface area contributed by atoms with Crippen LogP contribution in [0.15, 0.2) is 30.5 Å². The minimum Gasteiger partial charge on any atom is -0.356 e. The van der Waals surface area contributed by atoms with E-state index in [0.29, 0.717) is 0 Å². The summed E-state index contributed by atoms with van der Waals surface area (Å²) in [7, 11) is -1.66. The van der Waals surface area contributed by atoms with Crippen LogP contribution in [0.2, 0.25) is 0 Å². The van der Waals surface area contributed by atoms with Crippen LogP contribution in [0.25, 0.3) is 11.0 Å². The summed E-state index contributed by atoms with van der Waals surface area (Å²) in [6.45, 7) is -0.371. The van der Waals surface area contributed by atoms with Gasteiger partial charge in [0, 0.05) is 32.3 Å². The number of aromatic nitrogens is 3. The van der Waals surface area contributed by atoms with Gasteiger partial charge in [-0.2, -0.15) is 8.78 Å². The summed E-state index contributed by atoms with van der Waals surface area (Å²) >= 11 is 0. The summed E-state index contributed by atoms with van der Waals surface area (Å²) in [5.41, 5.74) is 0.770. The molecule has 0 atom stereocenters. The Morgan fingerprint density at radius 1 is 1.24 bits per heavy atom. The van der Waals surface area contributed by atoms with E-state index >= 15 is 0 Å². The monoisotopic (exact) mass is 431 g/mol. The van der Waals surface area contributed by atoms with Crippen molar-refractivity contribution in [1.29, 1.82) is 0 Å². The van der Waals surface area contributed by atoms with Crippen LogP contribution in [0.5, 0.6) is 0 Å². The number of hydrogen-bond donors (Lipinski definition) is 2. The molecule has 0 aromatic carbocycles. The molecule has 0 bridgehead atoms. The molecule has 2 heterocycles. The van der Waals surface area contributed by atoms with Crippen molar-refractivity contribution in [2.45, 2.75) is 38.1 Å². The van der Waals surface area contributed by atoms with E-state index in [1.165, 1.54) is 6.33 Å². The number of aromatic amines is 1. The largest absolute Gasteiger partial charge is 0.356 e. The van der Waals surface area contributed by atoms with Crippen molar-refractivity contribution in [3.63, 3.8) is 0 Å². The zero-order valence-electron chi connectivity index (χ0n) is 16.0. The predicted octanol–water partition coefficient (Wildman–Crippen LogP) is 3.34. The molecule has 1 aliphatic carbocycles. The summed E-state index contributed by atoms with van der Waals surface area (Å²) in [6.07, 6.45) is 3.36. The molecule has 0 saturated heterocycles. The highest BCUT2D eigenvalue weighted by Gasteiger charge is 2.28. The van der Waals surface area contributed by atoms with Crippen LogP contribution in [0.4, 0.5) is 19.0 Å². The summed E-state index contributed by atoms with van der Waals surface area (Å²) in [5, 5.41) is 0.940. The Bertz CT molecular complexity index is 967. The molecule has 0 aliphatic heterocycles. The molecular formula is C18H24F3N5O2S. The van der Waals surface area contributed by atoms with Crippen LogP contribution in [0, 0.1) is 5.92 Å². The summed E-state index contributed by atoms with van der Waals surface area (Å²) in [6, 6.07) is 2.17. The van der Waals surface area contributed by atoms with Crippen LogP contribution in [0.1, 0.15) is 32.1 Å². The van der Waals surface area contributed by atoms with Gasteiger partial charge in [-0.3, -0.25) is 0 Å². The van der Waals surface area contributed by atoms with Crippen molar-refractivity contribution in [2.24, 2.45) is 5.92 Å². The molecule has 0 spiro atoms. The van der Waals surface area contributed by atoms with E-state index in [1.54, 1.807) is 0 Å². The lowest BCUT2D eigenvalue weighted by Crippen LogP contribution is -2.38. The third-order valence-corrected chi connectivity index (χ3v) is 6.91. The molecule has 1 fully saturated rings. The fourth-order valence-corrected chi connectivity index (χ4v) is 5.28. The molecule has 2 N–H and O–H groups in total. The quantitative estimate of drug-likeness (QED) is 0.669. The molecule has 160 valence electrons. The van der Waals surface area contributed by atoms with E-state index in [9.17, 15) is 21.6 Å². The fourth-order valence-electron chi connectivity index (χ4n) is 3.79. The number of halogens is 3. The van der Waals surface area contributed by atoms with Gasteiger partial charge in [-0.05, 0) is 37.7 Å². The average molecular weight is 431 g/mol. The summed E-state index contributed by atoms with van der Waals surface area (Å²) in [4.78, 5) is 13.8. The number of fused-ring (bicyclic) bond motifs is 1. The second-order valence-corrected chi connectivity index (χ2v) is 9.17. The van der Waals surface area contributed by atoms with E-state index in [4.69, 9.17) is 0 Å². The molecule has 7 nitrogen and oxygen atoms in total. The van der Waals surface area contributed by atoms with E-state index in [2.05, 4.69) is 24.6 Å². The van der Waals surface area contributed by atoms with Gasteiger partial charge in [0.2, 0.25) is 10.0 Å². The first kappa shape index (κ1) is 21.6. The molecule has 29 heavy (non-hydrogen) atoms. The Kier molecular flexibility index (Phi) is 6.78. The van der Waals surface area contributed by atoms with Gasteiger partial charge in [0.05, 0.1) is 11.1 Å². The van der Waals surface area contributed by atoms with Crippen molar-refractivity contribution in [2.75, 3.05) is 24.2 Å². The molecule has 0 amide bonds. The van der Waals surface area contributed by atoms with Gasteiger partial charge in [-0.15, -0.1) is 0 Å². The first-order chi connectivity index (χ1) is 13.8. The highest BCUT2D eigenvalue weighted by atomic mass is 32.2. The van der Waals surface area contributed by atoms with Gasteiger partial charge in [-0.25, -0.2) is 27.5 Å². The van der Waals surface area contributed by atoms with Crippen molar-refractivity contribution in [3.8, 4) is 0 Å². The molecule has 3 rings (SSSR count). The molecule has 2 aromatic rings.